The molecular weight excluding hydrogens is 108 g/mol. The second-order valence-corrected chi connectivity index (χ2v) is 1.29. The van der Waals surface area contributed by atoms with Crippen LogP contribution in [-0.4, -0.2) is 24.3 Å². The normalized spacial score (nSPS) is 15.0. The van der Waals surface area contributed by atoms with Gasteiger partial charge in [-0.25, -0.2) is 0 Å². The van der Waals surface area contributed by atoms with Crippen LogP contribution in [0.3, 0.4) is 0 Å². The maximum absolute atomic E-state index is 9.68. The number of esters is 1. The van der Waals surface area contributed by atoms with Gasteiger partial charge >= 0.3 is 5.97 Å². The van der Waals surface area contributed by atoms with Crippen LogP contribution in [0.5, 0.6) is 0 Å². The first-order valence-electron chi connectivity index (χ1n) is 2.57. The molecule has 0 atom stereocenters. The fraction of sp³-hybridized carbons (Fsp3) is 0.800. The summed E-state index contributed by atoms with van der Waals surface area (Å²) >= 11 is 0. The third kappa shape index (κ3) is 3.61. The topological polar surface area (TPSA) is 46.5 Å². The summed E-state index contributed by atoms with van der Waals surface area (Å²) in [6.07, 6.45) is 0.625. The first-order chi connectivity index (χ1) is 3.81. The molecule has 3 heteroatoms. The van der Waals surface area contributed by atoms with Crippen molar-refractivity contribution >= 4 is 5.97 Å². The lowest BCUT2D eigenvalue weighted by molar-refractivity contribution is -0.157. The van der Waals surface area contributed by atoms with Gasteiger partial charge in [-0.05, 0) is 6.92 Å². The number of aliphatic hydroxyl groups is 1. The summed E-state index contributed by atoms with van der Waals surface area (Å²) in [5, 5.41) is 7.57. The van der Waals surface area contributed by atoms with E-state index in [0.717, 1.165) is 0 Å². The van der Waals surface area contributed by atoms with Gasteiger partial charge in [0.2, 0.25) is 0 Å². The summed E-state index contributed by atoms with van der Waals surface area (Å²) in [5.41, 5.74) is 0. The highest BCUT2D eigenvalue weighted by atomic mass is 16.6. The average Bonchev–Trinajstić information content (AvgIpc) is 1.64. The van der Waals surface area contributed by atoms with Gasteiger partial charge in [0.25, 0.3) is 0 Å². The predicted molar refractivity (Wildman–Crippen MR) is 28.3 cm³/mol. The largest absolute Gasteiger partial charge is 0.465 e. The molecule has 0 bridgehead atoms. The lowest BCUT2D eigenvalue weighted by Crippen LogP contribution is -2.18. The zero-order valence-electron chi connectivity index (χ0n) is 4.89. The molecule has 0 aromatic heterocycles. The molecular formula is C5H10O3. The summed E-state index contributed by atoms with van der Waals surface area (Å²) in [6.45, 7) is 2.57. The van der Waals surface area contributed by atoms with Crippen molar-refractivity contribution in [1.29, 1.82) is 0 Å². The van der Waals surface area contributed by atoms with Crippen LogP contribution in [0.1, 0.15) is 13.3 Å². The minimum absolute atomic E-state index is 0.0648. The summed E-state index contributed by atoms with van der Waals surface area (Å²) in [5.74, 6) is -0.0648. The quantitative estimate of drug-likeness (QED) is 0.453. The molecule has 1 aliphatic heterocycles. The Morgan fingerprint density at radius 1 is 1.88 bits per heavy atom. The number of ether oxygens (including phenoxy) is 1. The maximum Gasteiger partial charge on any atom is 0.309 e. The van der Waals surface area contributed by atoms with E-state index in [9.17, 15) is 4.79 Å². The summed E-state index contributed by atoms with van der Waals surface area (Å²) < 4.78 is 4.29. The van der Waals surface area contributed by atoms with Crippen molar-refractivity contribution in [2.45, 2.75) is 13.3 Å². The van der Waals surface area contributed by atoms with Crippen LogP contribution in [0.15, 0.2) is 0 Å². The van der Waals surface area contributed by atoms with E-state index in [-0.39, 0.29) is 12.6 Å². The van der Waals surface area contributed by atoms with Gasteiger partial charge in [0.05, 0.1) is 6.42 Å². The molecule has 1 heterocycles. The van der Waals surface area contributed by atoms with Gasteiger partial charge in [-0.2, -0.15) is 0 Å². The molecule has 1 N–H and O–H groups in total. The van der Waals surface area contributed by atoms with Crippen LogP contribution >= 0.6 is 0 Å². The van der Waals surface area contributed by atoms with Crippen molar-refractivity contribution in [2.24, 2.45) is 0 Å². The van der Waals surface area contributed by atoms with E-state index in [2.05, 4.69) is 4.74 Å². The van der Waals surface area contributed by atoms with E-state index in [1.54, 1.807) is 6.92 Å². The van der Waals surface area contributed by atoms with Gasteiger partial charge in [-0.15, -0.1) is 0 Å². The molecule has 0 amide bonds. The Kier molecular flexibility index (Phi) is 4.26. The van der Waals surface area contributed by atoms with Crippen LogP contribution < -0.4 is 0 Å². The molecule has 0 radical (unpaired) electrons. The third-order valence-corrected chi connectivity index (χ3v) is 0.569. The number of hydrogen-bond acceptors (Lipinski definition) is 3. The lowest BCUT2D eigenvalue weighted by Gasteiger charge is -2.09. The molecule has 0 saturated carbocycles. The Hall–Kier alpha value is -0.570. The standard InChI is InChI=1S/C3H4O2.C2H6O/c4-3-1-2-5-3;1-2-3/h1-2H2;3H,2H2,1H3. The zero-order chi connectivity index (χ0) is 6.41. The number of carbonyl (C=O) groups is 1. The van der Waals surface area contributed by atoms with Crippen molar-refractivity contribution in [1.82, 2.24) is 0 Å². The average molecular weight is 118 g/mol. The first-order valence-corrected chi connectivity index (χ1v) is 2.57. The van der Waals surface area contributed by atoms with Crippen LogP contribution in [-0.2, 0) is 9.53 Å². The Labute approximate surface area is 48.3 Å². The third-order valence-electron chi connectivity index (χ3n) is 0.569. The second kappa shape index (κ2) is 4.59. The highest BCUT2D eigenvalue weighted by Crippen LogP contribution is 1.97. The van der Waals surface area contributed by atoms with Gasteiger partial charge in [0.1, 0.15) is 6.61 Å². The molecule has 1 rings (SSSR count). The van der Waals surface area contributed by atoms with Gasteiger partial charge < -0.3 is 9.84 Å². The smallest absolute Gasteiger partial charge is 0.309 e. The number of carbonyl (C=O) groups excluding carboxylic acids is 1. The van der Waals surface area contributed by atoms with Crippen molar-refractivity contribution in [2.75, 3.05) is 13.2 Å². The number of cyclic esters (lactones) is 1. The molecule has 0 spiro atoms. The Balaban J connectivity index is 0.000000145. The van der Waals surface area contributed by atoms with Gasteiger partial charge in [-0.3, -0.25) is 4.79 Å². The summed E-state index contributed by atoms with van der Waals surface area (Å²) in [7, 11) is 0. The Morgan fingerprint density at radius 2 is 2.12 bits per heavy atom. The van der Waals surface area contributed by atoms with Gasteiger partial charge in [0.15, 0.2) is 0 Å². The molecule has 3 nitrogen and oxygen atoms in total. The molecule has 0 aliphatic carbocycles. The zero-order valence-corrected chi connectivity index (χ0v) is 4.89. The number of aliphatic hydroxyl groups excluding tert-OH is 1. The van der Waals surface area contributed by atoms with Crippen molar-refractivity contribution in [3.8, 4) is 0 Å². The first kappa shape index (κ1) is 7.43. The summed E-state index contributed by atoms with van der Waals surface area (Å²) in [6, 6.07) is 0. The molecule has 1 aliphatic rings. The van der Waals surface area contributed by atoms with Crippen molar-refractivity contribution in [3.63, 3.8) is 0 Å². The molecule has 1 saturated heterocycles. The van der Waals surface area contributed by atoms with E-state index < -0.39 is 0 Å². The van der Waals surface area contributed by atoms with Gasteiger partial charge in [0, 0.05) is 6.61 Å². The van der Waals surface area contributed by atoms with E-state index >= 15 is 0 Å². The van der Waals surface area contributed by atoms with E-state index in [0.29, 0.717) is 13.0 Å². The molecule has 0 aromatic rings. The molecule has 0 unspecified atom stereocenters. The van der Waals surface area contributed by atoms with Crippen molar-refractivity contribution < 1.29 is 14.6 Å². The Morgan fingerprint density at radius 3 is 2.12 bits per heavy atom. The van der Waals surface area contributed by atoms with Crippen LogP contribution in [0.4, 0.5) is 0 Å². The SMILES string of the molecule is CCO.O=C1CCO1. The van der Waals surface area contributed by atoms with Crippen molar-refractivity contribution in [3.05, 3.63) is 0 Å². The molecule has 1 fully saturated rings. The summed E-state index contributed by atoms with van der Waals surface area (Å²) in [4.78, 5) is 9.68. The van der Waals surface area contributed by atoms with Crippen LogP contribution in [0, 0.1) is 0 Å². The molecule has 0 aromatic carbocycles. The van der Waals surface area contributed by atoms with Crippen LogP contribution in [0.25, 0.3) is 0 Å². The second-order valence-electron chi connectivity index (χ2n) is 1.29. The van der Waals surface area contributed by atoms with E-state index in [1.807, 2.05) is 0 Å². The highest BCUT2D eigenvalue weighted by molar-refractivity contribution is 5.73. The maximum atomic E-state index is 9.68. The lowest BCUT2D eigenvalue weighted by atomic mass is 10.4. The number of rotatable bonds is 0. The molecule has 8 heavy (non-hydrogen) atoms. The fourth-order valence-corrected chi connectivity index (χ4v) is 0.185. The number of hydrogen-bond donors (Lipinski definition) is 1. The highest BCUT2D eigenvalue weighted by Gasteiger charge is 2.10. The Bertz CT molecular complexity index is 64.1. The van der Waals surface area contributed by atoms with E-state index in [1.165, 1.54) is 0 Å². The minimum Gasteiger partial charge on any atom is -0.465 e. The van der Waals surface area contributed by atoms with Gasteiger partial charge in [-0.1, -0.05) is 0 Å². The predicted octanol–water partition coefficient (Wildman–Crippen LogP) is -0.0681. The minimum atomic E-state index is -0.0648. The van der Waals surface area contributed by atoms with E-state index in [4.69, 9.17) is 5.11 Å². The fourth-order valence-electron chi connectivity index (χ4n) is 0.185. The van der Waals surface area contributed by atoms with Crippen LogP contribution in [0.2, 0.25) is 0 Å². The molecule has 48 valence electrons. The monoisotopic (exact) mass is 118 g/mol.